The highest BCUT2D eigenvalue weighted by atomic mass is 35.5. The van der Waals surface area contributed by atoms with Crippen molar-refractivity contribution >= 4 is 38.6 Å². The molecule has 4 aromatic rings. The molecule has 3 aromatic heterocycles. The van der Waals surface area contributed by atoms with E-state index in [0.717, 1.165) is 28.3 Å². The first-order valence-electron chi connectivity index (χ1n) is 9.32. The zero-order valence-corrected chi connectivity index (χ0v) is 19.4. The molecule has 3 heterocycles. The SMILES string of the molecule is CC(C)(C)c1cc(-c2ccc(Cl)cc2)nc2c(C#Cc3ccc(S(N)(=O)=O)s3)cnn12. The van der Waals surface area contributed by atoms with Gasteiger partial charge in [0.1, 0.15) is 4.21 Å². The fourth-order valence-electron chi connectivity index (χ4n) is 3.02. The Balaban J connectivity index is 1.85. The van der Waals surface area contributed by atoms with Crippen molar-refractivity contribution in [1.29, 1.82) is 0 Å². The molecule has 0 saturated carbocycles. The van der Waals surface area contributed by atoms with Gasteiger partial charge >= 0.3 is 0 Å². The standard InChI is InChI=1S/C22H19ClN4O2S2/c1-22(2,3)19-12-18(14-4-7-16(23)8-5-14)26-21-15(13-25-27(19)21)6-9-17-10-11-20(30-17)31(24,28)29/h4-5,7-8,10-13H,1-3H3,(H2,24,28,29). The van der Waals surface area contributed by atoms with Gasteiger partial charge in [-0.3, -0.25) is 0 Å². The molecule has 0 amide bonds. The molecule has 0 spiro atoms. The van der Waals surface area contributed by atoms with Gasteiger partial charge in [-0.25, -0.2) is 23.1 Å². The Morgan fingerprint density at radius 1 is 1.10 bits per heavy atom. The summed E-state index contributed by atoms with van der Waals surface area (Å²) >= 11 is 7.07. The number of rotatable bonds is 2. The first-order valence-corrected chi connectivity index (χ1v) is 12.1. The molecule has 0 saturated heterocycles. The number of hydrogen-bond acceptors (Lipinski definition) is 5. The smallest absolute Gasteiger partial charge is 0.227 e. The Hall–Kier alpha value is -2.70. The van der Waals surface area contributed by atoms with E-state index >= 15 is 0 Å². The second kappa shape index (κ2) is 7.77. The van der Waals surface area contributed by atoms with Crippen LogP contribution in [0.25, 0.3) is 16.9 Å². The molecular weight excluding hydrogens is 452 g/mol. The second-order valence-corrected chi connectivity index (χ2v) is 11.3. The van der Waals surface area contributed by atoms with Crippen LogP contribution in [0, 0.1) is 11.8 Å². The highest BCUT2D eigenvalue weighted by molar-refractivity contribution is 7.91. The normalized spacial score (nSPS) is 12.0. The number of benzene rings is 1. The molecule has 158 valence electrons. The summed E-state index contributed by atoms with van der Waals surface area (Å²) in [7, 11) is -3.74. The predicted octanol–water partition coefficient (Wildman–Crippen LogP) is 4.46. The Morgan fingerprint density at radius 3 is 2.42 bits per heavy atom. The Morgan fingerprint density at radius 2 is 1.81 bits per heavy atom. The molecule has 2 N–H and O–H groups in total. The van der Waals surface area contributed by atoms with Gasteiger partial charge in [0.05, 0.1) is 28.0 Å². The highest BCUT2D eigenvalue weighted by Crippen LogP contribution is 2.29. The van der Waals surface area contributed by atoms with Gasteiger partial charge in [-0.2, -0.15) is 5.10 Å². The number of nitrogens with zero attached hydrogens (tertiary/aromatic N) is 3. The summed E-state index contributed by atoms with van der Waals surface area (Å²) in [6.07, 6.45) is 1.67. The van der Waals surface area contributed by atoms with E-state index in [1.807, 2.05) is 30.3 Å². The maximum absolute atomic E-state index is 11.5. The number of halogens is 1. The van der Waals surface area contributed by atoms with E-state index < -0.39 is 10.0 Å². The third-order valence-corrected chi connectivity index (χ3v) is 7.25. The number of primary sulfonamides is 1. The molecule has 6 nitrogen and oxygen atoms in total. The van der Waals surface area contributed by atoms with Gasteiger partial charge in [0.2, 0.25) is 10.0 Å². The summed E-state index contributed by atoms with van der Waals surface area (Å²) < 4.78 is 24.9. The monoisotopic (exact) mass is 470 g/mol. The molecule has 4 rings (SSSR count). The minimum atomic E-state index is -3.74. The van der Waals surface area contributed by atoms with Gasteiger partial charge in [-0.1, -0.05) is 56.3 Å². The van der Waals surface area contributed by atoms with Gasteiger partial charge < -0.3 is 0 Å². The lowest BCUT2D eigenvalue weighted by molar-refractivity contribution is 0.547. The molecule has 0 atom stereocenters. The number of thiophene rings is 1. The average Bonchev–Trinajstić information content (AvgIpc) is 3.32. The predicted molar refractivity (Wildman–Crippen MR) is 124 cm³/mol. The van der Waals surface area contributed by atoms with Crippen LogP contribution < -0.4 is 5.14 Å². The van der Waals surface area contributed by atoms with Gasteiger partial charge in [0, 0.05) is 16.0 Å². The van der Waals surface area contributed by atoms with Gasteiger partial charge in [-0.15, -0.1) is 11.3 Å². The summed E-state index contributed by atoms with van der Waals surface area (Å²) in [4.78, 5) is 5.40. The van der Waals surface area contributed by atoms with Crippen molar-refractivity contribution in [2.24, 2.45) is 5.14 Å². The molecule has 0 aliphatic carbocycles. The molecule has 0 aliphatic rings. The van der Waals surface area contributed by atoms with Crippen LogP contribution in [0.3, 0.4) is 0 Å². The fourth-order valence-corrected chi connectivity index (χ4v) is 4.73. The van der Waals surface area contributed by atoms with Crippen LogP contribution >= 0.6 is 22.9 Å². The van der Waals surface area contributed by atoms with E-state index in [9.17, 15) is 8.42 Å². The summed E-state index contributed by atoms with van der Waals surface area (Å²) in [6.45, 7) is 6.34. The Bertz CT molecular complexity index is 1450. The molecule has 31 heavy (non-hydrogen) atoms. The number of hydrogen-bond donors (Lipinski definition) is 1. The number of nitrogens with two attached hydrogens (primary N) is 1. The molecule has 0 aliphatic heterocycles. The van der Waals surface area contributed by atoms with Crippen molar-refractivity contribution in [3.05, 3.63) is 69.8 Å². The van der Waals surface area contributed by atoms with E-state index in [1.165, 1.54) is 6.07 Å². The molecular formula is C22H19ClN4O2S2. The van der Waals surface area contributed by atoms with Crippen molar-refractivity contribution in [2.75, 3.05) is 0 Å². The number of fused-ring (bicyclic) bond motifs is 1. The van der Waals surface area contributed by atoms with Crippen molar-refractivity contribution in [1.82, 2.24) is 14.6 Å². The second-order valence-electron chi connectivity index (χ2n) is 7.99. The van der Waals surface area contributed by atoms with Crippen LogP contribution in [0.2, 0.25) is 5.02 Å². The van der Waals surface area contributed by atoms with Crippen LogP contribution in [0.4, 0.5) is 0 Å². The lowest BCUT2D eigenvalue weighted by Gasteiger charge is -2.21. The van der Waals surface area contributed by atoms with Gasteiger partial charge in [0.15, 0.2) is 5.65 Å². The van der Waals surface area contributed by atoms with E-state index in [2.05, 4.69) is 37.7 Å². The van der Waals surface area contributed by atoms with E-state index in [4.69, 9.17) is 21.7 Å². The summed E-state index contributed by atoms with van der Waals surface area (Å²) in [5.74, 6) is 6.07. The number of sulfonamides is 1. The zero-order valence-electron chi connectivity index (χ0n) is 17.0. The topological polar surface area (TPSA) is 90.3 Å². The van der Waals surface area contributed by atoms with Crippen LogP contribution in [-0.4, -0.2) is 23.0 Å². The van der Waals surface area contributed by atoms with Crippen LogP contribution in [0.15, 0.2) is 52.9 Å². The first kappa shape index (κ1) is 21.5. The van der Waals surface area contributed by atoms with Gasteiger partial charge in [0.25, 0.3) is 0 Å². The third kappa shape index (κ3) is 4.50. The van der Waals surface area contributed by atoms with Crippen molar-refractivity contribution in [2.45, 2.75) is 30.4 Å². The maximum Gasteiger partial charge on any atom is 0.247 e. The first-order chi connectivity index (χ1) is 14.5. The van der Waals surface area contributed by atoms with Crippen molar-refractivity contribution in [3.63, 3.8) is 0 Å². The highest BCUT2D eigenvalue weighted by Gasteiger charge is 2.21. The van der Waals surface area contributed by atoms with Gasteiger partial charge in [-0.05, 0) is 30.3 Å². The van der Waals surface area contributed by atoms with Crippen LogP contribution in [0.5, 0.6) is 0 Å². The largest absolute Gasteiger partial charge is 0.247 e. The lowest BCUT2D eigenvalue weighted by Crippen LogP contribution is -2.18. The Labute approximate surface area is 189 Å². The minimum absolute atomic E-state index is 0.0785. The van der Waals surface area contributed by atoms with Crippen molar-refractivity contribution < 1.29 is 8.42 Å². The molecule has 0 radical (unpaired) electrons. The molecule has 0 fully saturated rings. The van der Waals surface area contributed by atoms with E-state index in [1.54, 1.807) is 16.8 Å². The summed E-state index contributed by atoms with van der Waals surface area (Å²) in [6, 6.07) is 12.6. The summed E-state index contributed by atoms with van der Waals surface area (Å²) in [5.41, 5.74) is 3.82. The van der Waals surface area contributed by atoms with Crippen LogP contribution in [0.1, 0.15) is 36.9 Å². The molecule has 1 aromatic carbocycles. The van der Waals surface area contributed by atoms with Crippen molar-refractivity contribution in [3.8, 4) is 23.1 Å². The quantitative estimate of drug-likeness (QED) is 0.438. The zero-order chi connectivity index (χ0) is 22.4. The van der Waals surface area contributed by atoms with E-state index in [0.29, 0.717) is 21.1 Å². The minimum Gasteiger partial charge on any atom is -0.227 e. The third-order valence-electron chi connectivity index (χ3n) is 4.56. The lowest BCUT2D eigenvalue weighted by atomic mass is 9.91. The average molecular weight is 471 g/mol. The summed E-state index contributed by atoms with van der Waals surface area (Å²) in [5, 5.41) is 10.3. The molecule has 0 bridgehead atoms. The van der Waals surface area contributed by atoms with Crippen LogP contribution in [-0.2, 0) is 15.4 Å². The molecule has 0 unspecified atom stereocenters. The maximum atomic E-state index is 11.5. The van der Waals surface area contributed by atoms with E-state index in [-0.39, 0.29) is 9.62 Å². The fraction of sp³-hybridized carbons (Fsp3) is 0.182. The molecule has 9 heteroatoms. The Kier molecular flexibility index (Phi) is 5.40. The number of aromatic nitrogens is 3.